The van der Waals surface area contributed by atoms with Gasteiger partial charge in [0.1, 0.15) is 6.61 Å². The summed E-state index contributed by atoms with van der Waals surface area (Å²) in [5, 5.41) is 3.95. The number of hydrogen-bond acceptors (Lipinski definition) is 3. The molecule has 0 fully saturated rings. The zero-order valence-electron chi connectivity index (χ0n) is 8.66. The Morgan fingerprint density at radius 2 is 2.00 bits per heavy atom. The van der Waals surface area contributed by atoms with Gasteiger partial charge in [-0.1, -0.05) is 35.0 Å². The van der Waals surface area contributed by atoms with Crippen molar-refractivity contribution >= 4 is 5.71 Å². The second-order valence-electron chi connectivity index (χ2n) is 3.16. The lowest BCUT2D eigenvalue weighted by Gasteiger charge is -2.01. The average Bonchev–Trinajstić information content (AvgIpc) is 2.19. The second-order valence-corrected chi connectivity index (χ2v) is 3.16. The third-order valence-corrected chi connectivity index (χ3v) is 1.88. The Morgan fingerprint density at radius 1 is 1.36 bits per heavy atom. The molecule has 0 bridgehead atoms. The number of aryl methyl sites for hydroxylation is 1. The van der Waals surface area contributed by atoms with Gasteiger partial charge in [0.2, 0.25) is 0 Å². The first kappa shape index (κ1) is 10.7. The summed E-state index contributed by atoms with van der Waals surface area (Å²) in [6, 6.07) is 8.16. The molecular weight excluding hydrogens is 176 g/mol. The van der Waals surface area contributed by atoms with Gasteiger partial charge >= 0.3 is 0 Å². The lowest BCUT2D eigenvalue weighted by atomic mass is 10.1. The summed E-state index contributed by atoms with van der Waals surface area (Å²) < 4.78 is 0. The first-order valence-electron chi connectivity index (χ1n) is 4.67. The maximum Gasteiger partial charge on any atom is 0.129 e. The fourth-order valence-corrected chi connectivity index (χ4v) is 1.04. The number of rotatable bonds is 4. The third kappa shape index (κ3) is 3.18. The molecule has 0 saturated carbocycles. The molecule has 0 atom stereocenters. The molecule has 0 aliphatic carbocycles. The highest BCUT2D eigenvalue weighted by Crippen LogP contribution is 2.04. The molecule has 0 aromatic heterocycles. The quantitative estimate of drug-likeness (QED) is 0.448. The van der Waals surface area contributed by atoms with Crippen LogP contribution in [0.3, 0.4) is 0 Å². The summed E-state index contributed by atoms with van der Waals surface area (Å²) in [6.07, 6.45) is 0. The highest BCUT2D eigenvalue weighted by molar-refractivity contribution is 5.98. The topological polar surface area (TPSA) is 47.6 Å². The van der Waals surface area contributed by atoms with E-state index in [1.54, 1.807) is 0 Å². The number of oxime groups is 1. The van der Waals surface area contributed by atoms with Gasteiger partial charge in [0.15, 0.2) is 0 Å². The van der Waals surface area contributed by atoms with E-state index in [1.807, 2.05) is 19.1 Å². The summed E-state index contributed by atoms with van der Waals surface area (Å²) in [5.41, 5.74) is 8.47. The van der Waals surface area contributed by atoms with Crippen LogP contribution in [0.25, 0.3) is 0 Å². The average molecular weight is 192 g/mol. The van der Waals surface area contributed by atoms with Gasteiger partial charge in [0.25, 0.3) is 0 Å². The van der Waals surface area contributed by atoms with Crippen molar-refractivity contribution in [2.45, 2.75) is 13.8 Å². The Morgan fingerprint density at radius 3 is 2.57 bits per heavy atom. The summed E-state index contributed by atoms with van der Waals surface area (Å²) >= 11 is 0. The van der Waals surface area contributed by atoms with Crippen LogP contribution >= 0.6 is 0 Å². The van der Waals surface area contributed by atoms with Crippen LogP contribution in [0.1, 0.15) is 18.1 Å². The Balaban J connectivity index is 2.64. The summed E-state index contributed by atoms with van der Waals surface area (Å²) in [5.74, 6) is 0. The van der Waals surface area contributed by atoms with Crippen LogP contribution in [0, 0.1) is 6.92 Å². The summed E-state index contributed by atoms with van der Waals surface area (Å²) in [6.45, 7) is 4.93. The molecule has 0 heterocycles. The molecule has 3 heteroatoms. The van der Waals surface area contributed by atoms with Crippen molar-refractivity contribution < 1.29 is 4.84 Å². The van der Waals surface area contributed by atoms with E-state index < -0.39 is 0 Å². The first-order chi connectivity index (χ1) is 6.74. The minimum absolute atomic E-state index is 0.462. The zero-order valence-corrected chi connectivity index (χ0v) is 8.66. The molecular formula is C11H16N2O. The van der Waals surface area contributed by atoms with Crippen LogP contribution in [0.15, 0.2) is 29.4 Å². The van der Waals surface area contributed by atoms with E-state index in [9.17, 15) is 0 Å². The highest BCUT2D eigenvalue weighted by Gasteiger charge is 1.96. The lowest BCUT2D eigenvalue weighted by Crippen LogP contribution is -2.06. The van der Waals surface area contributed by atoms with Crippen LogP contribution in [0.4, 0.5) is 0 Å². The van der Waals surface area contributed by atoms with Crippen LogP contribution in [0.2, 0.25) is 0 Å². The Labute approximate surface area is 84.6 Å². The fraction of sp³-hybridized carbons (Fsp3) is 0.364. The normalized spacial score (nSPS) is 11.5. The highest BCUT2D eigenvalue weighted by atomic mass is 16.6. The molecule has 0 aliphatic heterocycles. The number of nitrogens with zero attached hydrogens (tertiary/aromatic N) is 1. The van der Waals surface area contributed by atoms with E-state index >= 15 is 0 Å². The molecule has 1 aromatic rings. The predicted octanol–water partition coefficient (Wildman–Crippen LogP) is 1.69. The maximum atomic E-state index is 5.28. The predicted molar refractivity (Wildman–Crippen MR) is 58.4 cm³/mol. The van der Waals surface area contributed by atoms with Crippen molar-refractivity contribution in [1.29, 1.82) is 0 Å². The van der Waals surface area contributed by atoms with Gasteiger partial charge in [-0.05, 0) is 19.4 Å². The summed E-state index contributed by atoms with van der Waals surface area (Å²) in [7, 11) is 0. The monoisotopic (exact) mass is 192 g/mol. The van der Waals surface area contributed by atoms with Crippen LogP contribution in [0.5, 0.6) is 0 Å². The molecule has 0 spiro atoms. The van der Waals surface area contributed by atoms with E-state index in [4.69, 9.17) is 10.6 Å². The Hall–Kier alpha value is -1.35. The van der Waals surface area contributed by atoms with Gasteiger partial charge in [0, 0.05) is 6.54 Å². The molecule has 1 aromatic carbocycles. The van der Waals surface area contributed by atoms with Gasteiger partial charge in [0.05, 0.1) is 5.71 Å². The van der Waals surface area contributed by atoms with Gasteiger partial charge in [-0.25, -0.2) is 0 Å². The van der Waals surface area contributed by atoms with Gasteiger partial charge in [-0.15, -0.1) is 0 Å². The van der Waals surface area contributed by atoms with Crippen molar-refractivity contribution in [2.75, 3.05) is 13.2 Å². The molecule has 0 aliphatic rings. The van der Waals surface area contributed by atoms with Crippen LogP contribution < -0.4 is 5.73 Å². The zero-order chi connectivity index (χ0) is 10.4. The largest absolute Gasteiger partial charge is 0.394 e. The molecule has 1 rings (SSSR count). The van der Waals surface area contributed by atoms with Gasteiger partial charge < -0.3 is 10.6 Å². The van der Waals surface area contributed by atoms with Crippen molar-refractivity contribution in [2.24, 2.45) is 10.9 Å². The molecule has 2 N–H and O–H groups in total. The van der Waals surface area contributed by atoms with E-state index in [0.717, 1.165) is 11.3 Å². The molecule has 0 saturated heterocycles. The fourth-order valence-electron chi connectivity index (χ4n) is 1.04. The third-order valence-electron chi connectivity index (χ3n) is 1.88. The second kappa shape index (κ2) is 5.40. The van der Waals surface area contributed by atoms with E-state index in [0.29, 0.717) is 13.2 Å². The molecule has 0 radical (unpaired) electrons. The van der Waals surface area contributed by atoms with E-state index in [-0.39, 0.29) is 0 Å². The van der Waals surface area contributed by atoms with Crippen molar-refractivity contribution in [3.8, 4) is 0 Å². The van der Waals surface area contributed by atoms with Crippen LogP contribution in [-0.2, 0) is 4.84 Å². The standard InChI is InChI=1S/C11H16N2O/c1-9-3-5-11(6-4-9)10(2)13-14-8-7-12/h3-6H,7-8,12H2,1-2H3. The lowest BCUT2D eigenvalue weighted by molar-refractivity contribution is 0.152. The minimum atomic E-state index is 0.462. The number of benzene rings is 1. The maximum absolute atomic E-state index is 5.28. The SMILES string of the molecule is CC(=NOCCN)c1ccc(C)cc1. The van der Waals surface area contributed by atoms with Gasteiger partial charge in [-0.2, -0.15) is 0 Å². The minimum Gasteiger partial charge on any atom is -0.394 e. The van der Waals surface area contributed by atoms with Crippen molar-refractivity contribution in [3.05, 3.63) is 35.4 Å². The Kier molecular flexibility index (Phi) is 4.13. The molecule has 0 amide bonds. The summed E-state index contributed by atoms with van der Waals surface area (Å²) in [4.78, 5) is 4.99. The van der Waals surface area contributed by atoms with Crippen LogP contribution in [-0.4, -0.2) is 18.9 Å². The molecule has 14 heavy (non-hydrogen) atoms. The molecule has 0 unspecified atom stereocenters. The van der Waals surface area contributed by atoms with Gasteiger partial charge in [-0.3, -0.25) is 0 Å². The van der Waals surface area contributed by atoms with Crippen molar-refractivity contribution in [3.63, 3.8) is 0 Å². The number of nitrogens with two attached hydrogens (primary N) is 1. The van der Waals surface area contributed by atoms with E-state index in [1.165, 1.54) is 5.56 Å². The first-order valence-corrected chi connectivity index (χ1v) is 4.67. The van der Waals surface area contributed by atoms with E-state index in [2.05, 4.69) is 24.2 Å². The molecule has 3 nitrogen and oxygen atoms in total. The number of hydrogen-bond donors (Lipinski definition) is 1. The van der Waals surface area contributed by atoms with Crippen molar-refractivity contribution in [1.82, 2.24) is 0 Å². The smallest absolute Gasteiger partial charge is 0.129 e. The Bertz CT molecular complexity index is 304. The molecule has 76 valence electrons.